The lowest BCUT2D eigenvalue weighted by Crippen LogP contribution is -2.38. The molecule has 28 heavy (non-hydrogen) atoms. The van der Waals surface area contributed by atoms with Gasteiger partial charge >= 0.3 is 0 Å². The third-order valence-electron chi connectivity index (χ3n) is 5.53. The number of likely N-dealkylation sites (N-methyl/N-ethyl adjacent to an activating group) is 1. The molecule has 152 valence electrons. The molecule has 1 saturated heterocycles. The Hall–Kier alpha value is -1.69. The third-order valence-corrected chi connectivity index (χ3v) is 6.52. The maximum absolute atomic E-state index is 12.6. The van der Waals surface area contributed by atoms with E-state index in [-0.39, 0.29) is 5.91 Å². The molecule has 3 rings (SSSR count). The van der Waals surface area contributed by atoms with Gasteiger partial charge in [-0.3, -0.25) is 9.69 Å². The number of benzene rings is 1. The minimum absolute atomic E-state index is 0.207. The summed E-state index contributed by atoms with van der Waals surface area (Å²) in [6.07, 6.45) is 3.30. The summed E-state index contributed by atoms with van der Waals surface area (Å²) < 4.78 is 5.14. The molecule has 2 aromatic rings. The van der Waals surface area contributed by atoms with Crippen molar-refractivity contribution in [2.45, 2.75) is 32.7 Å². The van der Waals surface area contributed by atoms with Gasteiger partial charge in [-0.2, -0.15) is 0 Å². The van der Waals surface area contributed by atoms with Gasteiger partial charge in [-0.15, -0.1) is 11.3 Å². The molecule has 0 radical (unpaired) electrons. The lowest BCUT2D eigenvalue weighted by molar-refractivity contribution is 0.0695. The van der Waals surface area contributed by atoms with E-state index in [1.807, 2.05) is 17.0 Å². The molecule has 5 heteroatoms. The summed E-state index contributed by atoms with van der Waals surface area (Å²) in [6, 6.07) is 13.0. The van der Waals surface area contributed by atoms with Crippen molar-refractivity contribution < 1.29 is 9.53 Å². The SMILES string of the molecule is COCCN(C)Cc1ccc(CC2CCN(C(=O)c3ccc(C)s3)CC2)cc1. The van der Waals surface area contributed by atoms with E-state index >= 15 is 0 Å². The Balaban J connectivity index is 1.45. The molecule has 0 spiro atoms. The third kappa shape index (κ3) is 5.90. The van der Waals surface area contributed by atoms with E-state index in [2.05, 4.69) is 43.1 Å². The van der Waals surface area contributed by atoms with Crippen LogP contribution in [0, 0.1) is 12.8 Å². The molecule has 0 bridgehead atoms. The highest BCUT2D eigenvalue weighted by molar-refractivity contribution is 7.13. The summed E-state index contributed by atoms with van der Waals surface area (Å²) in [5.74, 6) is 0.878. The maximum atomic E-state index is 12.6. The molecular formula is C23H32N2O2S. The van der Waals surface area contributed by atoms with Gasteiger partial charge in [0.05, 0.1) is 11.5 Å². The Morgan fingerprint density at radius 2 is 1.82 bits per heavy atom. The number of aryl methyl sites for hydroxylation is 1. The number of likely N-dealkylation sites (tertiary alicyclic amines) is 1. The Bertz CT molecular complexity index is 748. The van der Waals surface area contributed by atoms with Gasteiger partial charge in [0.1, 0.15) is 0 Å². The van der Waals surface area contributed by atoms with Crippen LogP contribution in [0.3, 0.4) is 0 Å². The Labute approximate surface area is 173 Å². The number of methoxy groups -OCH3 is 1. The first-order valence-electron chi connectivity index (χ1n) is 10.2. The molecule has 1 fully saturated rings. The second-order valence-corrected chi connectivity index (χ2v) is 9.18. The van der Waals surface area contributed by atoms with Gasteiger partial charge in [-0.05, 0) is 62.4 Å². The Morgan fingerprint density at radius 1 is 1.14 bits per heavy atom. The molecular weight excluding hydrogens is 368 g/mol. The van der Waals surface area contributed by atoms with Gasteiger partial charge in [0.25, 0.3) is 5.91 Å². The van der Waals surface area contributed by atoms with Gasteiger partial charge in [-0.1, -0.05) is 24.3 Å². The first-order valence-corrected chi connectivity index (χ1v) is 11.0. The highest BCUT2D eigenvalue weighted by atomic mass is 32.1. The molecule has 1 aliphatic heterocycles. The second kappa shape index (κ2) is 10.2. The van der Waals surface area contributed by atoms with E-state index in [0.717, 1.165) is 56.9 Å². The van der Waals surface area contributed by atoms with Crippen LogP contribution in [0.2, 0.25) is 0 Å². The lowest BCUT2D eigenvalue weighted by Gasteiger charge is -2.32. The van der Waals surface area contributed by atoms with Gasteiger partial charge in [0.2, 0.25) is 0 Å². The van der Waals surface area contributed by atoms with E-state index in [1.165, 1.54) is 16.0 Å². The van der Waals surface area contributed by atoms with Crippen molar-refractivity contribution >= 4 is 17.2 Å². The van der Waals surface area contributed by atoms with Crippen molar-refractivity contribution in [3.63, 3.8) is 0 Å². The van der Waals surface area contributed by atoms with E-state index in [4.69, 9.17) is 4.74 Å². The normalized spacial score (nSPS) is 15.4. The molecule has 0 N–H and O–H groups in total. The number of nitrogens with zero attached hydrogens (tertiary/aromatic N) is 2. The van der Waals surface area contributed by atoms with Gasteiger partial charge in [0.15, 0.2) is 0 Å². The number of carbonyl (C=O) groups excluding carboxylic acids is 1. The van der Waals surface area contributed by atoms with Crippen LogP contribution in [0.5, 0.6) is 0 Å². The van der Waals surface area contributed by atoms with E-state index < -0.39 is 0 Å². The molecule has 4 nitrogen and oxygen atoms in total. The fourth-order valence-corrected chi connectivity index (χ4v) is 4.63. The molecule has 2 heterocycles. The number of amides is 1. The zero-order valence-electron chi connectivity index (χ0n) is 17.3. The van der Waals surface area contributed by atoms with Crippen LogP contribution < -0.4 is 0 Å². The zero-order valence-corrected chi connectivity index (χ0v) is 18.1. The van der Waals surface area contributed by atoms with Crippen molar-refractivity contribution in [2.75, 3.05) is 40.4 Å². The predicted molar refractivity (Wildman–Crippen MR) is 116 cm³/mol. The summed E-state index contributed by atoms with van der Waals surface area (Å²) >= 11 is 1.60. The molecule has 0 unspecified atom stereocenters. The van der Waals surface area contributed by atoms with Crippen molar-refractivity contribution in [3.8, 4) is 0 Å². The van der Waals surface area contributed by atoms with Crippen molar-refractivity contribution in [3.05, 3.63) is 57.3 Å². The van der Waals surface area contributed by atoms with Gasteiger partial charge < -0.3 is 9.64 Å². The van der Waals surface area contributed by atoms with Gasteiger partial charge in [-0.25, -0.2) is 0 Å². The van der Waals surface area contributed by atoms with Crippen LogP contribution in [0.4, 0.5) is 0 Å². The average Bonchev–Trinajstić information content (AvgIpc) is 3.14. The number of thiophene rings is 1. The first kappa shape index (κ1) is 21.0. The van der Waals surface area contributed by atoms with Crippen LogP contribution in [-0.4, -0.2) is 56.1 Å². The lowest BCUT2D eigenvalue weighted by atomic mass is 9.90. The summed E-state index contributed by atoms with van der Waals surface area (Å²) in [4.78, 5) is 19.0. The molecule has 1 aromatic carbocycles. The van der Waals surface area contributed by atoms with Crippen LogP contribution >= 0.6 is 11.3 Å². The number of carbonyl (C=O) groups is 1. The standard InChI is InChI=1S/C23H32N2O2S/c1-18-4-9-22(28-18)23(26)25-12-10-20(11-13-25)16-19-5-7-21(8-6-19)17-24(2)14-15-27-3/h4-9,20H,10-17H2,1-3H3. The molecule has 1 aliphatic rings. The fourth-order valence-electron chi connectivity index (χ4n) is 3.80. The monoisotopic (exact) mass is 400 g/mol. The minimum atomic E-state index is 0.207. The quantitative estimate of drug-likeness (QED) is 0.665. The highest BCUT2D eigenvalue weighted by Gasteiger charge is 2.24. The molecule has 0 saturated carbocycles. The number of hydrogen-bond donors (Lipinski definition) is 0. The smallest absolute Gasteiger partial charge is 0.263 e. The molecule has 0 atom stereocenters. The topological polar surface area (TPSA) is 32.8 Å². The number of piperidine rings is 1. The Morgan fingerprint density at radius 3 is 2.43 bits per heavy atom. The summed E-state index contributed by atoms with van der Waals surface area (Å²) in [7, 11) is 3.87. The largest absolute Gasteiger partial charge is 0.383 e. The fraction of sp³-hybridized carbons (Fsp3) is 0.522. The van der Waals surface area contributed by atoms with Crippen molar-refractivity contribution in [2.24, 2.45) is 5.92 Å². The van der Waals surface area contributed by atoms with Crippen LogP contribution in [-0.2, 0) is 17.7 Å². The van der Waals surface area contributed by atoms with Crippen LogP contribution in [0.1, 0.15) is 38.5 Å². The Kier molecular flexibility index (Phi) is 7.65. The zero-order chi connectivity index (χ0) is 19.9. The van der Waals surface area contributed by atoms with Crippen molar-refractivity contribution in [1.29, 1.82) is 0 Å². The molecule has 1 amide bonds. The van der Waals surface area contributed by atoms with E-state index in [0.29, 0.717) is 5.92 Å². The van der Waals surface area contributed by atoms with E-state index in [1.54, 1.807) is 18.4 Å². The van der Waals surface area contributed by atoms with Crippen LogP contribution in [0.25, 0.3) is 0 Å². The highest BCUT2D eigenvalue weighted by Crippen LogP contribution is 2.25. The number of ether oxygens (including phenoxy) is 1. The number of rotatable bonds is 8. The van der Waals surface area contributed by atoms with Crippen LogP contribution in [0.15, 0.2) is 36.4 Å². The number of hydrogen-bond acceptors (Lipinski definition) is 4. The summed E-state index contributed by atoms with van der Waals surface area (Å²) in [5, 5.41) is 0. The average molecular weight is 401 g/mol. The summed E-state index contributed by atoms with van der Waals surface area (Å²) in [6.45, 7) is 6.47. The second-order valence-electron chi connectivity index (χ2n) is 7.90. The van der Waals surface area contributed by atoms with Gasteiger partial charge in [0, 0.05) is 38.2 Å². The summed E-state index contributed by atoms with van der Waals surface area (Å²) in [5.41, 5.74) is 2.75. The maximum Gasteiger partial charge on any atom is 0.263 e. The minimum Gasteiger partial charge on any atom is -0.383 e. The van der Waals surface area contributed by atoms with E-state index in [9.17, 15) is 4.79 Å². The molecule has 1 aromatic heterocycles. The molecule has 0 aliphatic carbocycles. The van der Waals surface area contributed by atoms with Crippen molar-refractivity contribution in [1.82, 2.24) is 9.80 Å². The predicted octanol–water partition coefficient (Wildman–Crippen LogP) is 4.23. The first-order chi connectivity index (χ1) is 13.5.